The monoisotopic (exact) mass is 499 g/mol. The minimum absolute atomic E-state index is 0.0476. The normalized spacial score (nSPS) is 10.6. The van der Waals surface area contributed by atoms with Crippen LogP contribution < -0.4 is 10.1 Å². The van der Waals surface area contributed by atoms with Crippen LogP contribution in [0.4, 0.5) is 5.69 Å². The van der Waals surface area contributed by atoms with Crippen molar-refractivity contribution in [2.45, 2.75) is 6.61 Å². The second-order valence-electron chi connectivity index (χ2n) is 6.95. The predicted octanol–water partition coefficient (Wildman–Crippen LogP) is 7.30. The third-order valence-electron chi connectivity index (χ3n) is 4.68. The van der Waals surface area contributed by atoms with Crippen LogP contribution in [0.5, 0.6) is 5.75 Å². The van der Waals surface area contributed by atoms with Crippen molar-refractivity contribution in [3.63, 3.8) is 0 Å². The fraction of sp³-hybridized carbons (Fsp3) is 0.0400. The summed E-state index contributed by atoms with van der Waals surface area (Å²) in [5.74, 6) is 0.0790. The van der Waals surface area contributed by atoms with Crippen LogP contribution in [-0.4, -0.2) is 11.7 Å². The Balaban J connectivity index is 1.49. The Bertz CT molecular complexity index is 1320. The van der Waals surface area contributed by atoms with Crippen molar-refractivity contribution >= 4 is 52.2 Å². The van der Waals surface area contributed by atoms with Crippen LogP contribution in [0, 0.1) is 0 Å². The number of furan rings is 1. The molecule has 1 amide bonds. The number of carbonyl (C=O) groups is 2. The average molecular weight is 501 g/mol. The van der Waals surface area contributed by atoms with Gasteiger partial charge >= 0.3 is 0 Å². The third kappa shape index (κ3) is 5.40. The topological polar surface area (TPSA) is 68.5 Å². The fourth-order valence-corrected chi connectivity index (χ4v) is 3.58. The summed E-state index contributed by atoms with van der Waals surface area (Å²) in [6.45, 7) is 0.0476. The molecule has 0 aliphatic carbocycles. The van der Waals surface area contributed by atoms with Gasteiger partial charge in [0, 0.05) is 16.1 Å². The number of hydrogen-bond donors (Lipinski definition) is 1. The lowest BCUT2D eigenvalue weighted by atomic mass is 10.0. The number of benzene rings is 3. The van der Waals surface area contributed by atoms with E-state index in [0.29, 0.717) is 37.8 Å². The highest BCUT2D eigenvalue weighted by molar-refractivity contribution is 6.42. The second-order valence-corrected chi connectivity index (χ2v) is 8.17. The van der Waals surface area contributed by atoms with E-state index in [1.807, 2.05) is 6.07 Å². The quantitative estimate of drug-likeness (QED) is 0.270. The van der Waals surface area contributed by atoms with Crippen LogP contribution in [0.25, 0.3) is 0 Å². The van der Waals surface area contributed by atoms with Crippen molar-refractivity contribution < 1.29 is 18.7 Å². The molecule has 0 spiro atoms. The number of anilines is 1. The Kier molecular flexibility index (Phi) is 7.04. The van der Waals surface area contributed by atoms with Gasteiger partial charge in [-0.3, -0.25) is 9.59 Å². The van der Waals surface area contributed by atoms with Crippen molar-refractivity contribution in [2.24, 2.45) is 0 Å². The van der Waals surface area contributed by atoms with E-state index < -0.39 is 5.91 Å². The molecule has 5 nitrogen and oxygen atoms in total. The molecule has 8 heteroatoms. The molecule has 1 heterocycles. The molecule has 0 atom stereocenters. The molecule has 0 bridgehead atoms. The molecule has 166 valence electrons. The molecule has 33 heavy (non-hydrogen) atoms. The lowest BCUT2D eigenvalue weighted by Gasteiger charge is -2.10. The van der Waals surface area contributed by atoms with Crippen LogP contribution in [0.2, 0.25) is 15.1 Å². The second kappa shape index (κ2) is 10.1. The number of rotatable bonds is 7. The number of carbonyl (C=O) groups excluding carboxylic acids is 2. The van der Waals surface area contributed by atoms with Crippen LogP contribution >= 0.6 is 34.8 Å². The summed E-state index contributed by atoms with van der Waals surface area (Å²) in [5, 5.41) is 3.76. The number of nitrogens with one attached hydrogen (secondary N) is 1. The molecule has 0 saturated carbocycles. The molecule has 1 N–H and O–H groups in total. The third-order valence-corrected chi connectivity index (χ3v) is 5.72. The predicted molar refractivity (Wildman–Crippen MR) is 129 cm³/mol. The van der Waals surface area contributed by atoms with Gasteiger partial charge in [-0.2, -0.15) is 0 Å². The van der Waals surface area contributed by atoms with E-state index in [0.717, 1.165) is 0 Å². The van der Waals surface area contributed by atoms with E-state index in [-0.39, 0.29) is 23.7 Å². The molecule has 4 rings (SSSR count). The van der Waals surface area contributed by atoms with Gasteiger partial charge in [0.1, 0.15) is 23.1 Å². The summed E-state index contributed by atoms with van der Waals surface area (Å²) < 4.78 is 11.2. The highest BCUT2D eigenvalue weighted by Gasteiger charge is 2.18. The zero-order chi connectivity index (χ0) is 23.4. The molecule has 1 aromatic heterocycles. The Labute approximate surface area is 204 Å². The molecule has 3 aromatic carbocycles. The highest BCUT2D eigenvalue weighted by atomic mass is 35.5. The summed E-state index contributed by atoms with van der Waals surface area (Å²) in [4.78, 5) is 25.7. The first-order chi connectivity index (χ1) is 15.9. The van der Waals surface area contributed by atoms with Gasteiger partial charge in [0.15, 0.2) is 11.5 Å². The molecule has 0 unspecified atom stereocenters. The summed E-state index contributed by atoms with van der Waals surface area (Å²) in [7, 11) is 0. The smallest absolute Gasteiger partial charge is 0.291 e. The zero-order valence-electron chi connectivity index (χ0n) is 17.0. The molecule has 0 radical (unpaired) electrons. The fourth-order valence-electron chi connectivity index (χ4n) is 3.06. The molecule has 0 saturated heterocycles. The molecule has 0 fully saturated rings. The standard InChI is InChI=1S/C25H16Cl3NO4/c26-16-9-11-20(18(13-16)24(30)15-5-2-1-3-6-15)29-25(31)22-12-10-17(33-22)14-32-21-8-4-7-19(27)23(21)28/h1-13H,14H2,(H,29,31). The van der Waals surface area contributed by atoms with Crippen molar-refractivity contribution in [1.82, 2.24) is 0 Å². The molecular formula is C25H16Cl3NO4. The highest BCUT2D eigenvalue weighted by Crippen LogP contribution is 2.32. The van der Waals surface area contributed by atoms with E-state index in [2.05, 4.69) is 5.32 Å². The van der Waals surface area contributed by atoms with Crippen LogP contribution in [0.3, 0.4) is 0 Å². The van der Waals surface area contributed by atoms with Gasteiger partial charge in [-0.1, -0.05) is 71.2 Å². The maximum absolute atomic E-state index is 12.9. The van der Waals surface area contributed by atoms with E-state index in [4.69, 9.17) is 44.0 Å². The van der Waals surface area contributed by atoms with Crippen LogP contribution in [-0.2, 0) is 6.61 Å². The van der Waals surface area contributed by atoms with Gasteiger partial charge in [-0.15, -0.1) is 0 Å². The maximum Gasteiger partial charge on any atom is 0.291 e. The Morgan fingerprint density at radius 3 is 2.45 bits per heavy atom. The first-order valence-electron chi connectivity index (χ1n) is 9.78. The van der Waals surface area contributed by atoms with Gasteiger partial charge in [0.05, 0.1) is 10.7 Å². The molecule has 0 aliphatic rings. The lowest BCUT2D eigenvalue weighted by molar-refractivity contribution is 0.0992. The Hall–Kier alpha value is -3.25. The van der Waals surface area contributed by atoms with Crippen LogP contribution in [0.1, 0.15) is 32.2 Å². The minimum atomic E-state index is -0.522. The molecular weight excluding hydrogens is 485 g/mol. The minimum Gasteiger partial charge on any atom is -0.484 e. The summed E-state index contributed by atoms with van der Waals surface area (Å²) >= 11 is 18.2. The van der Waals surface area contributed by atoms with Crippen molar-refractivity contribution in [3.05, 3.63) is 117 Å². The molecule has 0 aliphatic heterocycles. The zero-order valence-corrected chi connectivity index (χ0v) is 19.2. The van der Waals surface area contributed by atoms with Crippen molar-refractivity contribution in [1.29, 1.82) is 0 Å². The maximum atomic E-state index is 12.9. The van der Waals surface area contributed by atoms with Gasteiger partial charge in [0.25, 0.3) is 5.91 Å². The Morgan fingerprint density at radius 1 is 0.879 bits per heavy atom. The summed E-state index contributed by atoms with van der Waals surface area (Å²) in [6, 6.07) is 21.6. The number of amides is 1. The average Bonchev–Trinajstić information content (AvgIpc) is 3.30. The number of halogens is 3. The number of ether oxygens (including phenoxy) is 1. The van der Waals surface area contributed by atoms with E-state index in [9.17, 15) is 9.59 Å². The first kappa shape index (κ1) is 22.9. The largest absolute Gasteiger partial charge is 0.484 e. The van der Waals surface area contributed by atoms with Gasteiger partial charge < -0.3 is 14.5 Å². The SMILES string of the molecule is O=C(Nc1ccc(Cl)cc1C(=O)c1ccccc1)c1ccc(COc2cccc(Cl)c2Cl)o1. The lowest BCUT2D eigenvalue weighted by Crippen LogP contribution is -2.14. The van der Waals surface area contributed by atoms with E-state index >= 15 is 0 Å². The summed E-state index contributed by atoms with van der Waals surface area (Å²) in [5.41, 5.74) is 1.07. The Morgan fingerprint density at radius 2 is 1.67 bits per heavy atom. The van der Waals surface area contributed by atoms with E-state index in [1.54, 1.807) is 60.7 Å². The van der Waals surface area contributed by atoms with E-state index in [1.165, 1.54) is 12.1 Å². The van der Waals surface area contributed by atoms with Gasteiger partial charge in [0.2, 0.25) is 0 Å². The van der Waals surface area contributed by atoms with Crippen molar-refractivity contribution in [2.75, 3.05) is 5.32 Å². The van der Waals surface area contributed by atoms with Crippen LogP contribution in [0.15, 0.2) is 83.3 Å². The number of ketones is 1. The first-order valence-corrected chi connectivity index (χ1v) is 10.9. The summed E-state index contributed by atoms with van der Waals surface area (Å²) in [6.07, 6.45) is 0. The number of hydrogen-bond acceptors (Lipinski definition) is 4. The van der Waals surface area contributed by atoms with Gasteiger partial charge in [-0.25, -0.2) is 0 Å². The van der Waals surface area contributed by atoms with Gasteiger partial charge in [-0.05, 0) is 42.5 Å². The molecule has 4 aromatic rings. The van der Waals surface area contributed by atoms with Crippen molar-refractivity contribution in [3.8, 4) is 5.75 Å².